The number of rotatable bonds is 1. The standard InChI is InChI=1S/C14H15N3/c1-9-2-6-12-11(8-9)5-7-13-15-16-14(17(12)13)10-3-4-10/h2,6,8,10H,3-5,7H2,1H3. The first kappa shape index (κ1) is 9.40. The number of aryl methyl sites for hydroxylation is 3. The van der Waals surface area contributed by atoms with Gasteiger partial charge in [0, 0.05) is 12.3 Å². The SMILES string of the molecule is Cc1ccc2c(c1)CCc1nnc(C3CC3)n1-2. The van der Waals surface area contributed by atoms with Gasteiger partial charge in [-0.3, -0.25) is 4.57 Å². The van der Waals surface area contributed by atoms with E-state index in [4.69, 9.17) is 0 Å². The smallest absolute Gasteiger partial charge is 0.140 e. The Morgan fingerprint density at radius 1 is 1.18 bits per heavy atom. The highest BCUT2D eigenvalue weighted by Crippen LogP contribution is 2.41. The lowest BCUT2D eigenvalue weighted by Crippen LogP contribution is -2.14. The number of nitrogens with zero attached hydrogens (tertiary/aromatic N) is 3. The fourth-order valence-corrected chi connectivity index (χ4v) is 2.74. The molecule has 17 heavy (non-hydrogen) atoms. The summed E-state index contributed by atoms with van der Waals surface area (Å²) >= 11 is 0. The number of hydrogen-bond donors (Lipinski definition) is 0. The molecule has 2 aromatic rings. The van der Waals surface area contributed by atoms with Crippen LogP contribution in [0.15, 0.2) is 18.2 Å². The van der Waals surface area contributed by atoms with Gasteiger partial charge in [0.1, 0.15) is 11.6 Å². The van der Waals surface area contributed by atoms with Crippen molar-refractivity contribution in [2.75, 3.05) is 0 Å². The van der Waals surface area contributed by atoms with Crippen molar-refractivity contribution in [3.8, 4) is 5.69 Å². The molecule has 3 heteroatoms. The van der Waals surface area contributed by atoms with E-state index in [1.54, 1.807) is 0 Å². The molecule has 0 atom stereocenters. The van der Waals surface area contributed by atoms with Gasteiger partial charge in [-0.15, -0.1) is 10.2 Å². The second kappa shape index (κ2) is 3.19. The second-order valence-electron chi connectivity index (χ2n) is 5.22. The predicted molar refractivity (Wildman–Crippen MR) is 65.5 cm³/mol. The summed E-state index contributed by atoms with van der Waals surface area (Å²) < 4.78 is 2.30. The van der Waals surface area contributed by atoms with Crippen molar-refractivity contribution in [1.29, 1.82) is 0 Å². The lowest BCUT2D eigenvalue weighted by molar-refractivity contribution is 0.753. The molecule has 1 fully saturated rings. The van der Waals surface area contributed by atoms with Crippen molar-refractivity contribution in [2.45, 2.75) is 38.5 Å². The van der Waals surface area contributed by atoms with Crippen LogP contribution in [0.25, 0.3) is 5.69 Å². The fourth-order valence-electron chi connectivity index (χ4n) is 2.74. The summed E-state index contributed by atoms with van der Waals surface area (Å²) in [5.74, 6) is 2.98. The Bertz CT molecular complexity index is 594. The monoisotopic (exact) mass is 225 g/mol. The summed E-state index contributed by atoms with van der Waals surface area (Å²) in [6, 6.07) is 6.71. The van der Waals surface area contributed by atoms with E-state index in [2.05, 4.69) is 39.9 Å². The summed E-state index contributed by atoms with van der Waals surface area (Å²) in [4.78, 5) is 0. The quantitative estimate of drug-likeness (QED) is 0.746. The second-order valence-corrected chi connectivity index (χ2v) is 5.22. The molecule has 2 aliphatic rings. The van der Waals surface area contributed by atoms with E-state index in [1.165, 1.54) is 35.5 Å². The van der Waals surface area contributed by atoms with Gasteiger partial charge in [0.05, 0.1) is 5.69 Å². The largest absolute Gasteiger partial charge is 0.282 e. The first-order valence-corrected chi connectivity index (χ1v) is 6.37. The molecular weight excluding hydrogens is 210 g/mol. The molecule has 2 heterocycles. The maximum Gasteiger partial charge on any atom is 0.140 e. The molecule has 0 amide bonds. The van der Waals surface area contributed by atoms with Gasteiger partial charge in [0.2, 0.25) is 0 Å². The van der Waals surface area contributed by atoms with Crippen LogP contribution in [0, 0.1) is 6.92 Å². The fraction of sp³-hybridized carbons (Fsp3) is 0.429. The minimum atomic E-state index is 0.656. The van der Waals surface area contributed by atoms with Gasteiger partial charge in [-0.25, -0.2) is 0 Å². The van der Waals surface area contributed by atoms with Crippen LogP contribution in [0.4, 0.5) is 0 Å². The summed E-state index contributed by atoms with van der Waals surface area (Å²) in [6.07, 6.45) is 4.68. The first-order valence-electron chi connectivity index (χ1n) is 6.37. The molecular formula is C14H15N3. The van der Waals surface area contributed by atoms with Crippen molar-refractivity contribution >= 4 is 0 Å². The van der Waals surface area contributed by atoms with Gasteiger partial charge in [-0.2, -0.15) is 0 Å². The van der Waals surface area contributed by atoms with E-state index in [9.17, 15) is 0 Å². The molecule has 0 spiro atoms. The van der Waals surface area contributed by atoms with E-state index in [-0.39, 0.29) is 0 Å². The average molecular weight is 225 g/mol. The third-order valence-corrected chi connectivity index (χ3v) is 3.79. The van der Waals surface area contributed by atoms with E-state index in [0.717, 1.165) is 18.7 Å². The molecule has 4 rings (SSSR count). The Morgan fingerprint density at radius 3 is 2.88 bits per heavy atom. The van der Waals surface area contributed by atoms with Gasteiger partial charge >= 0.3 is 0 Å². The van der Waals surface area contributed by atoms with Crippen LogP contribution in [0.3, 0.4) is 0 Å². The minimum absolute atomic E-state index is 0.656. The summed E-state index contributed by atoms with van der Waals surface area (Å²) in [7, 11) is 0. The number of hydrogen-bond acceptors (Lipinski definition) is 2. The van der Waals surface area contributed by atoms with Crippen molar-refractivity contribution < 1.29 is 0 Å². The van der Waals surface area contributed by atoms with Crippen molar-refractivity contribution in [3.05, 3.63) is 41.0 Å². The Morgan fingerprint density at radius 2 is 2.06 bits per heavy atom. The van der Waals surface area contributed by atoms with E-state index in [1.807, 2.05) is 0 Å². The number of aromatic nitrogens is 3. The van der Waals surface area contributed by atoms with Crippen molar-refractivity contribution in [3.63, 3.8) is 0 Å². The maximum absolute atomic E-state index is 4.39. The van der Waals surface area contributed by atoms with Crippen molar-refractivity contribution in [1.82, 2.24) is 14.8 Å². The molecule has 0 radical (unpaired) electrons. The molecule has 1 aromatic heterocycles. The Labute approximate surface area is 100 Å². The predicted octanol–water partition coefficient (Wildman–Crippen LogP) is 2.55. The van der Waals surface area contributed by atoms with Crippen LogP contribution < -0.4 is 0 Å². The molecule has 0 unspecified atom stereocenters. The van der Waals surface area contributed by atoms with Crippen LogP contribution in [-0.4, -0.2) is 14.8 Å². The lowest BCUT2D eigenvalue weighted by atomic mass is 10.0. The van der Waals surface area contributed by atoms with Crippen LogP contribution >= 0.6 is 0 Å². The van der Waals surface area contributed by atoms with Gasteiger partial charge in [-0.05, 0) is 37.8 Å². The van der Waals surface area contributed by atoms with Crippen LogP contribution in [0.5, 0.6) is 0 Å². The van der Waals surface area contributed by atoms with Gasteiger partial charge in [0.15, 0.2) is 0 Å². The first-order chi connectivity index (χ1) is 8.33. The molecule has 3 nitrogen and oxygen atoms in total. The van der Waals surface area contributed by atoms with Crippen LogP contribution in [0.1, 0.15) is 41.5 Å². The Hall–Kier alpha value is -1.64. The topological polar surface area (TPSA) is 30.7 Å². The molecule has 1 saturated carbocycles. The lowest BCUT2D eigenvalue weighted by Gasteiger charge is -2.19. The zero-order valence-electron chi connectivity index (χ0n) is 9.98. The van der Waals surface area contributed by atoms with Crippen LogP contribution in [0.2, 0.25) is 0 Å². The third-order valence-electron chi connectivity index (χ3n) is 3.79. The van der Waals surface area contributed by atoms with E-state index < -0.39 is 0 Å². The number of benzene rings is 1. The summed E-state index contributed by atoms with van der Waals surface area (Å²) in [5, 5.41) is 8.75. The van der Waals surface area contributed by atoms with Gasteiger partial charge in [-0.1, -0.05) is 17.7 Å². The zero-order valence-corrected chi connectivity index (χ0v) is 9.98. The number of fused-ring (bicyclic) bond motifs is 3. The highest BCUT2D eigenvalue weighted by molar-refractivity contribution is 5.47. The average Bonchev–Trinajstić information content (AvgIpc) is 3.08. The highest BCUT2D eigenvalue weighted by Gasteiger charge is 2.32. The van der Waals surface area contributed by atoms with Crippen LogP contribution in [-0.2, 0) is 12.8 Å². The zero-order chi connectivity index (χ0) is 11.4. The summed E-state index contributed by atoms with van der Waals surface area (Å²) in [5.41, 5.74) is 4.09. The van der Waals surface area contributed by atoms with Gasteiger partial charge in [0.25, 0.3) is 0 Å². The highest BCUT2D eigenvalue weighted by atomic mass is 15.3. The van der Waals surface area contributed by atoms with Gasteiger partial charge < -0.3 is 0 Å². The molecule has 0 N–H and O–H groups in total. The molecule has 1 aliphatic heterocycles. The third kappa shape index (κ3) is 1.35. The molecule has 0 saturated heterocycles. The summed E-state index contributed by atoms with van der Waals surface area (Å²) in [6.45, 7) is 2.16. The van der Waals surface area contributed by atoms with E-state index in [0.29, 0.717) is 5.92 Å². The molecule has 1 aromatic carbocycles. The van der Waals surface area contributed by atoms with E-state index >= 15 is 0 Å². The maximum atomic E-state index is 4.39. The normalized spacial score (nSPS) is 17.7. The minimum Gasteiger partial charge on any atom is -0.282 e. The molecule has 0 bridgehead atoms. The van der Waals surface area contributed by atoms with Crippen molar-refractivity contribution in [2.24, 2.45) is 0 Å². The Kier molecular flexibility index (Phi) is 1.76. The molecule has 1 aliphatic carbocycles. The molecule has 86 valence electrons. The Balaban J connectivity index is 1.95.